The quantitative estimate of drug-likeness (QED) is 0.867. The highest BCUT2D eigenvalue weighted by atomic mass is 15.1. The molecule has 0 amide bonds. The molecule has 1 aliphatic rings. The summed E-state index contributed by atoms with van der Waals surface area (Å²) in [5.74, 6) is 0. The smallest absolute Gasteiger partial charge is 0.0315 e. The summed E-state index contributed by atoms with van der Waals surface area (Å²) >= 11 is 0. The molecular formula is C14H23N3. The first-order chi connectivity index (χ1) is 8.25. The lowest BCUT2D eigenvalue weighted by atomic mass is 10.1. The van der Waals surface area contributed by atoms with Crippen molar-refractivity contribution in [2.75, 3.05) is 20.1 Å². The Kier molecular flexibility index (Phi) is 4.51. The Labute approximate surface area is 104 Å². The third kappa shape index (κ3) is 3.79. The summed E-state index contributed by atoms with van der Waals surface area (Å²) in [5, 5.41) is 3.73. The standard InChI is InChI=1S/C14H23N3/c1-12(13-5-3-8-15-11-13)16-14-6-4-9-17(2)10-7-14/h3,5,8,11-12,14,16H,4,6-7,9-10H2,1-2H3/t12-,14?/m1/s1. The molecule has 2 atom stereocenters. The first kappa shape index (κ1) is 12.5. The first-order valence-corrected chi connectivity index (χ1v) is 6.60. The van der Waals surface area contributed by atoms with Gasteiger partial charge in [-0.3, -0.25) is 4.98 Å². The molecule has 1 aromatic heterocycles. The van der Waals surface area contributed by atoms with Gasteiger partial charge < -0.3 is 10.2 Å². The zero-order chi connectivity index (χ0) is 12.1. The molecule has 0 bridgehead atoms. The molecule has 3 nitrogen and oxygen atoms in total. The highest BCUT2D eigenvalue weighted by Gasteiger charge is 2.17. The molecular weight excluding hydrogens is 210 g/mol. The van der Waals surface area contributed by atoms with Crippen molar-refractivity contribution in [2.24, 2.45) is 0 Å². The molecule has 1 aliphatic heterocycles. The van der Waals surface area contributed by atoms with E-state index in [0.717, 1.165) is 0 Å². The van der Waals surface area contributed by atoms with E-state index in [9.17, 15) is 0 Å². The second-order valence-electron chi connectivity index (χ2n) is 5.11. The molecule has 94 valence electrons. The van der Waals surface area contributed by atoms with Crippen LogP contribution in [0.4, 0.5) is 0 Å². The normalized spacial score (nSPS) is 24.2. The minimum atomic E-state index is 0.400. The molecule has 1 N–H and O–H groups in total. The topological polar surface area (TPSA) is 28.2 Å². The van der Waals surface area contributed by atoms with E-state index in [2.05, 4.69) is 35.2 Å². The lowest BCUT2D eigenvalue weighted by Crippen LogP contribution is -2.32. The van der Waals surface area contributed by atoms with Crippen molar-refractivity contribution in [1.29, 1.82) is 0 Å². The van der Waals surface area contributed by atoms with Gasteiger partial charge in [0.05, 0.1) is 0 Å². The summed E-state index contributed by atoms with van der Waals surface area (Å²) in [6.45, 7) is 4.67. The highest BCUT2D eigenvalue weighted by molar-refractivity contribution is 5.13. The molecule has 2 rings (SSSR count). The summed E-state index contributed by atoms with van der Waals surface area (Å²) in [5.41, 5.74) is 1.28. The maximum atomic E-state index is 4.18. The molecule has 0 aliphatic carbocycles. The maximum absolute atomic E-state index is 4.18. The molecule has 17 heavy (non-hydrogen) atoms. The van der Waals surface area contributed by atoms with Gasteiger partial charge in [-0.1, -0.05) is 6.07 Å². The Bertz CT molecular complexity index is 325. The van der Waals surface area contributed by atoms with Gasteiger partial charge in [-0.2, -0.15) is 0 Å². The number of likely N-dealkylation sites (tertiary alicyclic amines) is 1. The Morgan fingerprint density at radius 2 is 2.29 bits per heavy atom. The van der Waals surface area contributed by atoms with Gasteiger partial charge in [0.2, 0.25) is 0 Å². The van der Waals surface area contributed by atoms with Gasteiger partial charge in [0.25, 0.3) is 0 Å². The molecule has 3 heteroatoms. The van der Waals surface area contributed by atoms with E-state index >= 15 is 0 Å². The monoisotopic (exact) mass is 233 g/mol. The molecule has 1 saturated heterocycles. The highest BCUT2D eigenvalue weighted by Crippen LogP contribution is 2.16. The van der Waals surface area contributed by atoms with Crippen LogP contribution in [0.15, 0.2) is 24.5 Å². The number of nitrogens with zero attached hydrogens (tertiary/aromatic N) is 2. The average Bonchev–Trinajstić information content (AvgIpc) is 2.56. The Morgan fingerprint density at radius 3 is 3.06 bits per heavy atom. The minimum absolute atomic E-state index is 0.400. The van der Waals surface area contributed by atoms with Gasteiger partial charge in [-0.05, 0) is 58.0 Å². The summed E-state index contributed by atoms with van der Waals surface area (Å²) in [6, 6.07) is 5.20. The van der Waals surface area contributed by atoms with E-state index in [-0.39, 0.29) is 0 Å². The van der Waals surface area contributed by atoms with Crippen LogP contribution in [0.3, 0.4) is 0 Å². The van der Waals surface area contributed by atoms with E-state index < -0.39 is 0 Å². The fraction of sp³-hybridized carbons (Fsp3) is 0.643. The third-order valence-electron chi connectivity index (χ3n) is 3.62. The Balaban J connectivity index is 1.88. The van der Waals surface area contributed by atoms with Crippen LogP contribution in [0.25, 0.3) is 0 Å². The molecule has 0 aromatic carbocycles. The van der Waals surface area contributed by atoms with Gasteiger partial charge >= 0.3 is 0 Å². The third-order valence-corrected chi connectivity index (χ3v) is 3.62. The molecule has 1 unspecified atom stereocenters. The Hall–Kier alpha value is -0.930. The van der Waals surface area contributed by atoms with Crippen molar-refractivity contribution >= 4 is 0 Å². The molecule has 1 aromatic rings. The van der Waals surface area contributed by atoms with Crippen LogP contribution in [-0.2, 0) is 0 Å². The largest absolute Gasteiger partial charge is 0.307 e. The van der Waals surface area contributed by atoms with Crippen LogP contribution in [0, 0.1) is 0 Å². The number of nitrogens with one attached hydrogen (secondary N) is 1. The average molecular weight is 233 g/mol. The molecule has 0 radical (unpaired) electrons. The fourth-order valence-electron chi connectivity index (χ4n) is 2.49. The van der Waals surface area contributed by atoms with Gasteiger partial charge in [-0.15, -0.1) is 0 Å². The van der Waals surface area contributed by atoms with E-state index in [1.807, 2.05) is 18.5 Å². The second-order valence-corrected chi connectivity index (χ2v) is 5.11. The summed E-state index contributed by atoms with van der Waals surface area (Å²) in [7, 11) is 2.22. The van der Waals surface area contributed by atoms with Crippen molar-refractivity contribution in [2.45, 2.75) is 38.3 Å². The lowest BCUT2D eigenvalue weighted by molar-refractivity contribution is 0.340. The van der Waals surface area contributed by atoms with Crippen molar-refractivity contribution in [3.8, 4) is 0 Å². The van der Waals surface area contributed by atoms with Gasteiger partial charge in [0, 0.05) is 24.5 Å². The first-order valence-electron chi connectivity index (χ1n) is 6.60. The van der Waals surface area contributed by atoms with Crippen LogP contribution in [0.5, 0.6) is 0 Å². The second kappa shape index (κ2) is 6.12. The number of hydrogen-bond acceptors (Lipinski definition) is 3. The van der Waals surface area contributed by atoms with Crippen molar-refractivity contribution in [3.05, 3.63) is 30.1 Å². The molecule has 2 heterocycles. The summed E-state index contributed by atoms with van der Waals surface area (Å²) in [6.07, 6.45) is 7.63. The molecule has 0 saturated carbocycles. The van der Waals surface area contributed by atoms with Gasteiger partial charge in [-0.25, -0.2) is 0 Å². The predicted molar refractivity (Wildman–Crippen MR) is 70.9 cm³/mol. The number of aromatic nitrogens is 1. The summed E-state index contributed by atoms with van der Waals surface area (Å²) < 4.78 is 0. The number of hydrogen-bond donors (Lipinski definition) is 1. The van der Waals surface area contributed by atoms with E-state index in [1.165, 1.54) is 37.9 Å². The number of rotatable bonds is 3. The SMILES string of the molecule is C[C@@H](NC1CCCN(C)CC1)c1cccnc1. The fourth-order valence-corrected chi connectivity index (χ4v) is 2.49. The minimum Gasteiger partial charge on any atom is -0.307 e. The van der Waals surface area contributed by atoms with Crippen LogP contribution >= 0.6 is 0 Å². The van der Waals surface area contributed by atoms with Crippen LogP contribution < -0.4 is 5.32 Å². The van der Waals surface area contributed by atoms with Crippen LogP contribution in [0.2, 0.25) is 0 Å². The Morgan fingerprint density at radius 1 is 1.41 bits per heavy atom. The van der Waals surface area contributed by atoms with Crippen LogP contribution in [-0.4, -0.2) is 36.1 Å². The van der Waals surface area contributed by atoms with E-state index in [1.54, 1.807) is 0 Å². The summed E-state index contributed by atoms with van der Waals surface area (Å²) in [4.78, 5) is 6.61. The zero-order valence-corrected chi connectivity index (χ0v) is 10.9. The molecule has 1 fully saturated rings. The maximum Gasteiger partial charge on any atom is 0.0315 e. The lowest BCUT2D eigenvalue weighted by Gasteiger charge is -2.22. The van der Waals surface area contributed by atoms with Gasteiger partial charge in [0.1, 0.15) is 0 Å². The van der Waals surface area contributed by atoms with Crippen molar-refractivity contribution in [1.82, 2.24) is 15.2 Å². The van der Waals surface area contributed by atoms with Gasteiger partial charge in [0.15, 0.2) is 0 Å². The molecule has 0 spiro atoms. The van der Waals surface area contributed by atoms with Crippen molar-refractivity contribution < 1.29 is 0 Å². The van der Waals surface area contributed by atoms with E-state index in [0.29, 0.717) is 12.1 Å². The zero-order valence-electron chi connectivity index (χ0n) is 10.9. The number of pyridine rings is 1. The van der Waals surface area contributed by atoms with Crippen molar-refractivity contribution in [3.63, 3.8) is 0 Å². The van der Waals surface area contributed by atoms with E-state index in [4.69, 9.17) is 0 Å². The van der Waals surface area contributed by atoms with Crippen LogP contribution in [0.1, 0.15) is 37.8 Å². The predicted octanol–water partition coefficient (Wildman–Crippen LogP) is 2.22.